The number of hydrogen-bond donors (Lipinski definition) is 0. The van der Waals surface area contributed by atoms with Crippen molar-refractivity contribution in [2.24, 2.45) is 0 Å². The first kappa shape index (κ1) is 22.7. The van der Waals surface area contributed by atoms with Gasteiger partial charge in [-0.25, -0.2) is 4.98 Å². The largest absolute Gasteiger partial charge is 0.497 e. The Morgan fingerprint density at radius 1 is 1.06 bits per heavy atom. The molecule has 4 aromatic rings. The second kappa shape index (κ2) is 10.9. The lowest BCUT2D eigenvalue weighted by Crippen LogP contribution is -2.30. The van der Waals surface area contributed by atoms with E-state index in [1.165, 1.54) is 11.3 Å². The van der Waals surface area contributed by atoms with E-state index in [-0.39, 0.29) is 5.91 Å². The van der Waals surface area contributed by atoms with Crippen LogP contribution in [0.15, 0.2) is 67.0 Å². The molecule has 6 nitrogen and oxygen atoms in total. The van der Waals surface area contributed by atoms with Crippen molar-refractivity contribution in [2.75, 3.05) is 18.6 Å². The van der Waals surface area contributed by atoms with Gasteiger partial charge >= 0.3 is 0 Å². The Balaban J connectivity index is 1.64. The van der Waals surface area contributed by atoms with Crippen LogP contribution < -0.4 is 14.4 Å². The van der Waals surface area contributed by atoms with Crippen LogP contribution in [0.1, 0.15) is 42.1 Å². The number of ether oxygens (including phenoxy) is 2. The van der Waals surface area contributed by atoms with Crippen molar-refractivity contribution < 1.29 is 14.3 Å². The van der Waals surface area contributed by atoms with Crippen LogP contribution in [0.25, 0.3) is 10.2 Å². The summed E-state index contributed by atoms with van der Waals surface area (Å²) in [5.41, 5.74) is 2.31. The topological polar surface area (TPSA) is 64.5 Å². The molecule has 33 heavy (non-hydrogen) atoms. The lowest BCUT2D eigenvalue weighted by Gasteiger charge is -2.20. The number of carbonyl (C=O) groups excluding carboxylic acids is 1. The number of fused-ring (bicyclic) bond motifs is 1. The molecule has 0 unspecified atom stereocenters. The van der Waals surface area contributed by atoms with E-state index in [0.29, 0.717) is 29.6 Å². The van der Waals surface area contributed by atoms with Crippen molar-refractivity contribution in [1.82, 2.24) is 9.97 Å². The van der Waals surface area contributed by atoms with Crippen molar-refractivity contribution in [1.29, 1.82) is 0 Å². The molecule has 170 valence electrons. The monoisotopic (exact) mass is 461 g/mol. The molecule has 7 heteroatoms. The maximum atomic E-state index is 13.7. The third-order valence-electron chi connectivity index (χ3n) is 5.22. The van der Waals surface area contributed by atoms with Gasteiger partial charge < -0.3 is 9.47 Å². The van der Waals surface area contributed by atoms with Crippen LogP contribution >= 0.6 is 11.3 Å². The molecule has 0 aliphatic heterocycles. The smallest absolute Gasteiger partial charge is 0.260 e. The Morgan fingerprint density at radius 2 is 1.97 bits per heavy atom. The summed E-state index contributed by atoms with van der Waals surface area (Å²) < 4.78 is 12.2. The molecule has 0 N–H and O–H groups in total. The Kier molecular flexibility index (Phi) is 7.52. The normalized spacial score (nSPS) is 10.8. The number of pyridine rings is 1. The summed E-state index contributed by atoms with van der Waals surface area (Å²) >= 11 is 1.46. The highest BCUT2D eigenvalue weighted by atomic mass is 32.1. The number of anilines is 1. The minimum atomic E-state index is -0.135. The van der Waals surface area contributed by atoms with Gasteiger partial charge in [-0.1, -0.05) is 43.2 Å². The van der Waals surface area contributed by atoms with Crippen LogP contribution in [0.3, 0.4) is 0 Å². The number of amides is 1. The molecular formula is C26H27N3O3S. The highest BCUT2D eigenvalue weighted by molar-refractivity contribution is 7.22. The fourth-order valence-electron chi connectivity index (χ4n) is 3.45. The number of aromatic nitrogens is 2. The average Bonchev–Trinajstić information content (AvgIpc) is 3.28. The molecule has 0 aliphatic rings. The molecule has 1 amide bonds. The van der Waals surface area contributed by atoms with Gasteiger partial charge in [0.25, 0.3) is 5.91 Å². The molecule has 0 atom stereocenters. The van der Waals surface area contributed by atoms with Gasteiger partial charge in [0.15, 0.2) is 5.13 Å². The minimum absolute atomic E-state index is 0.135. The summed E-state index contributed by atoms with van der Waals surface area (Å²) in [6.45, 7) is 3.17. The number of unbranched alkanes of at least 4 members (excludes halogenated alkanes) is 2. The molecule has 0 aliphatic carbocycles. The molecule has 2 aromatic heterocycles. The lowest BCUT2D eigenvalue weighted by atomic mass is 10.1. The van der Waals surface area contributed by atoms with E-state index in [9.17, 15) is 4.79 Å². The summed E-state index contributed by atoms with van der Waals surface area (Å²) in [4.78, 5) is 24.3. The van der Waals surface area contributed by atoms with Crippen molar-refractivity contribution in [2.45, 2.75) is 32.7 Å². The van der Waals surface area contributed by atoms with E-state index in [1.54, 1.807) is 30.5 Å². The van der Waals surface area contributed by atoms with E-state index in [0.717, 1.165) is 40.8 Å². The zero-order chi connectivity index (χ0) is 23.0. The van der Waals surface area contributed by atoms with Gasteiger partial charge in [0, 0.05) is 18.0 Å². The fraction of sp³-hybridized carbons (Fsp3) is 0.269. The van der Waals surface area contributed by atoms with Crippen LogP contribution in [0.2, 0.25) is 0 Å². The van der Waals surface area contributed by atoms with Gasteiger partial charge in [-0.3, -0.25) is 14.7 Å². The van der Waals surface area contributed by atoms with E-state index in [1.807, 2.05) is 48.5 Å². The van der Waals surface area contributed by atoms with Gasteiger partial charge in [0.1, 0.15) is 11.5 Å². The van der Waals surface area contributed by atoms with Crippen molar-refractivity contribution >= 4 is 32.6 Å². The minimum Gasteiger partial charge on any atom is -0.497 e. The third-order valence-corrected chi connectivity index (χ3v) is 6.26. The van der Waals surface area contributed by atoms with E-state index >= 15 is 0 Å². The Labute approximate surface area is 197 Å². The number of benzene rings is 2. The summed E-state index contributed by atoms with van der Waals surface area (Å²) in [5.74, 6) is 1.33. The van der Waals surface area contributed by atoms with Crippen LogP contribution in [0.4, 0.5) is 5.13 Å². The summed E-state index contributed by atoms with van der Waals surface area (Å²) in [7, 11) is 1.64. The van der Waals surface area contributed by atoms with E-state index in [2.05, 4.69) is 11.9 Å². The average molecular weight is 462 g/mol. The standard InChI is InChI=1S/C26H27N3O3S/c1-3-4-5-14-32-22-10-6-9-20(15-22)25(30)29(18-19-8-7-13-27-17-19)26-28-23-12-11-21(31-2)16-24(23)33-26/h6-13,15-17H,3-5,14,18H2,1-2H3. The summed E-state index contributed by atoms with van der Waals surface area (Å²) in [5, 5.41) is 0.626. The highest BCUT2D eigenvalue weighted by Gasteiger charge is 2.22. The molecule has 2 aromatic carbocycles. The number of thiazole rings is 1. The maximum absolute atomic E-state index is 13.7. The molecule has 2 heterocycles. The van der Waals surface area contributed by atoms with Crippen LogP contribution in [-0.4, -0.2) is 29.6 Å². The second-order valence-corrected chi connectivity index (χ2v) is 8.68. The van der Waals surface area contributed by atoms with Crippen molar-refractivity contribution in [3.8, 4) is 11.5 Å². The fourth-order valence-corrected chi connectivity index (χ4v) is 4.44. The Hall–Kier alpha value is -3.45. The molecule has 0 fully saturated rings. The molecule has 0 spiro atoms. The maximum Gasteiger partial charge on any atom is 0.260 e. The lowest BCUT2D eigenvalue weighted by molar-refractivity contribution is 0.0984. The third kappa shape index (κ3) is 5.68. The second-order valence-electron chi connectivity index (χ2n) is 7.67. The van der Waals surface area contributed by atoms with E-state index in [4.69, 9.17) is 14.5 Å². The highest BCUT2D eigenvalue weighted by Crippen LogP contribution is 2.33. The van der Waals surface area contributed by atoms with E-state index < -0.39 is 0 Å². The summed E-state index contributed by atoms with van der Waals surface area (Å²) in [6, 6.07) is 16.9. The van der Waals surface area contributed by atoms with Gasteiger partial charge in [0.05, 0.1) is 30.5 Å². The number of nitrogens with zero attached hydrogens (tertiary/aromatic N) is 3. The predicted molar refractivity (Wildman–Crippen MR) is 132 cm³/mol. The molecule has 0 bridgehead atoms. The molecule has 0 saturated heterocycles. The van der Waals surface area contributed by atoms with Gasteiger partial charge in [-0.15, -0.1) is 0 Å². The zero-order valence-electron chi connectivity index (χ0n) is 18.9. The first-order chi connectivity index (χ1) is 16.2. The molecule has 0 saturated carbocycles. The van der Waals surface area contributed by atoms with Crippen LogP contribution in [-0.2, 0) is 6.54 Å². The van der Waals surface area contributed by atoms with Crippen LogP contribution in [0.5, 0.6) is 11.5 Å². The van der Waals surface area contributed by atoms with Gasteiger partial charge in [-0.2, -0.15) is 0 Å². The Morgan fingerprint density at radius 3 is 2.76 bits per heavy atom. The number of methoxy groups -OCH3 is 1. The molecular weight excluding hydrogens is 434 g/mol. The molecule has 0 radical (unpaired) electrons. The number of hydrogen-bond acceptors (Lipinski definition) is 6. The van der Waals surface area contributed by atoms with Crippen molar-refractivity contribution in [3.05, 3.63) is 78.1 Å². The van der Waals surface area contributed by atoms with Gasteiger partial charge in [0.2, 0.25) is 0 Å². The van der Waals surface area contributed by atoms with Crippen molar-refractivity contribution in [3.63, 3.8) is 0 Å². The Bertz CT molecular complexity index is 1210. The zero-order valence-corrected chi connectivity index (χ0v) is 19.7. The quantitative estimate of drug-likeness (QED) is 0.266. The van der Waals surface area contributed by atoms with Crippen LogP contribution in [0, 0.1) is 0 Å². The van der Waals surface area contributed by atoms with Gasteiger partial charge in [-0.05, 0) is 54.4 Å². The number of rotatable bonds is 10. The first-order valence-electron chi connectivity index (χ1n) is 11.1. The summed E-state index contributed by atoms with van der Waals surface area (Å²) in [6.07, 6.45) is 6.75. The number of carbonyl (C=O) groups is 1. The SMILES string of the molecule is CCCCCOc1cccc(C(=O)N(Cc2cccnc2)c2nc3ccc(OC)cc3s2)c1. The molecule has 4 rings (SSSR count). The predicted octanol–water partition coefficient (Wildman–Crippen LogP) is 6.12. The first-order valence-corrected chi connectivity index (χ1v) is 11.9.